The lowest BCUT2D eigenvalue weighted by Gasteiger charge is -2.39. The molecule has 0 atom stereocenters. The Kier molecular flexibility index (Phi) is 13.9. The van der Waals surface area contributed by atoms with Gasteiger partial charge in [-0.1, -0.05) is 6.07 Å². The van der Waals surface area contributed by atoms with Crippen molar-refractivity contribution in [3.8, 4) is 23.0 Å². The second-order valence-electron chi connectivity index (χ2n) is 15.9. The van der Waals surface area contributed by atoms with Gasteiger partial charge < -0.3 is 58.9 Å². The standard InChI is InChI=1S/C32H40N4O7.C13H12N2O4/c1-32(2,3)43-31(39)36(20-21-5-8-27-28(17-21)42-16-15-41-27)22-9-11-34(12-10-22)13-14-35-26-18-23(40-4)6-7-24(26)25(30(33)38)19-29(35)37;1-19-8-2-3-9-10(13(14)18)7-12(17)15(4-5-16)11(9)6-8/h5-8,17-19,22H,9-16,20H2,1-4H3,(H2,33,38);2-3,5-7H,4H2,1H3,(H2,14,18). The normalized spacial score (nSPS) is 14.1. The SMILES string of the molecule is COc1ccc2c(C(N)=O)cc(=O)n(CC=O)c2c1.COc1ccc2c(C(N)=O)cc(=O)n(CCN3CCC(N(Cc4ccc5c(c4)OCCO5)C(=O)OC(C)(C)C)CC3)c2c1. The number of primary amides is 2. The summed E-state index contributed by atoms with van der Waals surface area (Å²) in [6, 6.07) is 18.3. The summed E-state index contributed by atoms with van der Waals surface area (Å²) < 4.78 is 30.6. The van der Waals surface area contributed by atoms with Crippen LogP contribution in [0.2, 0.25) is 0 Å². The van der Waals surface area contributed by atoms with Crippen molar-refractivity contribution in [2.24, 2.45) is 11.5 Å². The Hall–Kier alpha value is -6.88. The highest BCUT2D eigenvalue weighted by Gasteiger charge is 2.32. The Morgan fingerprint density at radius 1 is 0.758 bits per heavy atom. The van der Waals surface area contributed by atoms with E-state index in [1.807, 2.05) is 43.9 Å². The molecule has 62 heavy (non-hydrogen) atoms. The van der Waals surface area contributed by atoms with Crippen LogP contribution < -0.4 is 41.5 Å². The van der Waals surface area contributed by atoms with Crippen LogP contribution in [0.4, 0.5) is 4.79 Å². The number of methoxy groups -OCH3 is 2. The van der Waals surface area contributed by atoms with Crippen LogP contribution in [-0.4, -0.2) is 102 Å². The second kappa shape index (κ2) is 19.2. The van der Waals surface area contributed by atoms with Crippen molar-refractivity contribution in [2.45, 2.75) is 64.9 Å². The molecule has 7 rings (SSSR count). The van der Waals surface area contributed by atoms with Crippen LogP contribution in [0.15, 0.2) is 76.3 Å². The fourth-order valence-corrected chi connectivity index (χ4v) is 7.62. The van der Waals surface area contributed by atoms with E-state index in [0.717, 1.165) is 37.6 Å². The molecule has 17 heteroatoms. The molecule has 2 aliphatic rings. The number of fused-ring (bicyclic) bond motifs is 3. The molecule has 4 N–H and O–H groups in total. The first-order chi connectivity index (χ1) is 29.6. The molecule has 0 unspecified atom stereocenters. The zero-order valence-corrected chi connectivity index (χ0v) is 35.5. The van der Waals surface area contributed by atoms with Crippen LogP contribution in [0.1, 0.15) is 59.9 Å². The average molecular weight is 853 g/mol. The van der Waals surface area contributed by atoms with Gasteiger partial charge in [0.15, 0.2) is 11.5 Å². The largest absolute Gasteiger partial charge is 0.497 e. The Labute approximate surface area is 357 Å². The number of amides is 3. The summed E-state index contributed by atoms with van der Waals surface area (Å²) >= 11 is 0. The van der Waals surface area contributed by atoms with Crippen LogP contribution >= 0.6 is 0 Å². The van der Waals surface area contributed by atoms with E-state index >= 15 is 0 Å². The molecule has 0 bridgehead atoms. The molecule has 2 aromatic heterocycles. The van der Waals surface area contributed by atoms with Crippen LogP contribution in [0.5, 0.6) is 23.0 Å². The minimum absolute atomic E-state index is 0.0121. The minimum atomic E-state index is -0.689. The quantitative estimate of drug-likeness (QED) is 0.170. The highest BCUT2D eigenvalue weighted by Crippen LogP contribution is 2.32. The van der Waals surface area contributed by atoms with Gasteiger partial charge in [-0.25, -0.2) is 4.79 Å². The zero-order valence-electron chi connectivity index (χ0n) is 35.5. The van der Waals surface area contributed by atoms with Crippen LogP contribution in [0.25, 0.3) is 21.8 Å². The number of aldehydes is 1. The summed E-state index contributed by atoms with van der Waals surface area (Å²) in [7, 11) is 3.04. The zero-order chi connectivity index (χ0) is 44.7. The van der Waals surface area contributed by atoms with Crippen molar-refractivity contribution in [3.05, 3.63) is 104 Å². The van der Waals surface area contributed by atoms with E-state index in [9.17, 15) is 28.8 Å². The van der Waals surface area contributed by atoms with Crippen LogP contribution in [0.3, 0.4) is 0 Å². The summed E-state index contributed by atoms with van der Waals surface area (Å²) in [4.78, 5) is 76.5. The predicted octanol–water partition coefficient (Wildman–Crippen LogP) is 4.09. The number of benzene rings is 3. The Balaban J connectivity index is 0.000000281. The maximum atomic E-state index is 13.4. The van der Waals surface area contributed by atoms with E-state index in [1.165, 1.54) is 17.7 Å². The van der Waals surface area contributed by atoms with Gasteiger partial charge in [-0.3, -0.25) is 19.2 Å². The summed E-state index contributed by atoms with van der Waals surface area (Å²) in [5.74, 6) is 1.17. The average Bonchev–Trinajstić information content (AvgIpc) is 3.25. The molecule has 1 fully saturated rings. The molecule has 0 aliphatic carbocycles. The van der Waals surface area contributed by atoms with Crippen molar-refractivity contribution in [1.29, 1.82) is 0 Å². The van der Waals surface area contributed by atoms with E-state index in [4.69, 9.17) is 35.2 Å². The Morgan fingerprint density at radius 3 is 1.84 bits per heavy atom. The predicted molar refractivity (Wildman–Crippen MR) is 231 cm³/mol. The van der Waals surface area contributed by atoms with Gasteiger partial charge in [-0.15, -0.1) is 0 Å². The van der Waals surface area contributed by atoms with Crippen LogP contribution in [-0.2, 0) is 29.2 Å². The molecule has 328 valence electrons. The Morgan fingerprint density at radius 2 is 1.31 bits per heavy atom. The lowest BCUT2D eigenvalue weighted by molar-refractivity contribution is -0.108. The fraction of sp³-hybridized carbons (Fsp3) is 0.378. The van der Waals surface area contributed by atoms with Gasteiger partial charge in [0.1, 0.15) is 36.6 Å². The number of pyridine rings is 2. The molecule has 0 spiro atoms. The number of nitrogens with zero attached hydrogens (tertiary/aromatic N) is 4. The third-order valence-electron chi connectivity index (χ3n) is 10.7. The fourth-order valence-electron chi connectivity index (χ4n) is 7.62. The van der Waals surface area contributed by atoms with E-state index < -0.39 is 23.0 Å². The molecular weight excluding hydrogens is 801 g/mol. The summed E-state index contributed by atoms with van der Waals surface area (Å²) in [5.41, 5.74) is 11.8. The van der Waals surface area contributed by atoms with Gasteiger partial charge in [-0.2, -0.15) is 0 Å². The summed E-state index contributed by atoms with van der Waals surface area (Å²) in [6.07, 6.45) is 1.79. The van der Waals surface area contributed by atoms with Gasteiger partial charge >= 0.3 is 6.09 Å². The molecule has 5 aromatic rings. The first-order valence-electron chi connectivity index (χ1n) is 20.2. The van der Waals surface area contributed by atoms with E-state index in [0.29, 0.717) is 83.9 Å². The summed E-state index contributed by atoms with van der Waals surface area (Å²) in [6.45, 7) is 9.48. The lowest BCUT2D eigenvalue weighted by atomic mass is 10.0. The third kappa shape index (κ3) is 10.3. The van der Waals surface area contributed by atoms with Gasteiger partial charge in [0.05, 0.1) is 42.9 Å². The number of likely N-dealkylation sites (tertiary alicyclic amines) is 1. The maximum absolute atomic E-state index is 13.4. The van der Waals surface area contributed by atoms with Crippen LogP contribution in [0, 0.1) is 0 Å². The number of nitrogens with two attached hydrogens (primary N) is 2. The van der Waals surface area contributed by atoms with Crippen molar-refractivity contribution >= 4 is 46.0 Å². The molecule has 0 radical (unpaired) electrons. The van der Waals surface area contributed by atoms with Crippen molar-refractivity contribution in [1.82, 2.24) is 18.9 Å². The number of aromatic nitrogens is 2. The van der Waals surface area contributed by atoms with Crippen molar-refractivity contribution < 1.29 is 42.9 Å². The third-order valence-corrected chi connectivity index (χ3v) is 10.7. The monoisotopic (exact) mass is 852 g/mol. The highest BCUT2D eigenvalue weighted by atomic mass is 16.6. The first-order valence-corrected chi connectivity index (χ1v) is 20.2. The smallest absolute Gasteiger partial charge is 0.410 e. The molecule has 3 amide bonds. The second-order valence-corrected chi connectivity index (χ2v) is 15.9. The number of carbonyl (C=O) groups is 4. The number of ether oxygens (including phenoxy) is 5. The summed E-state index contributed by atoms with van der Waals surface area (Å²) in [5, 5.41) is 1.12. The topological polar surface area (TPSA) is 217 Å². The van der Waals surface area contributed by atoms with E-state index in [1.54, 1.807) is 48.1 Å². The van der Waals surface area contributed by atoms with Gasteiger partial charge in [0.2, 0.25) is 11.8 Å². The molecule has 4 heterocycles. The first kappa shape index (κ1) is 44.7. The van der Waals surface area contributed by atoms with Gasteiger partial charge in [0, 0.05) is 73.8 Å². The minimum Gasteiger partial charge on any atom is -0.497 e. The number of hydrogen-bond acceptors (Lipinski definition) is 12. The van der Waals surface area contributed by atoms with Gasteiger partial charge in [0.25, 0.3) is 11.1 Å². The van der Waals surface area contributed by atoms with E-state index in [-0.39, 0.29) is 35.4 Å². The number of piperidine rings is 1. The molecule has 17 nitrogen and oxygen atoms in total. The number of hydrogen-bond donors (Lipinski definition) is 2. The lowest BCUT2D eigenvalue weighted by Crippen LogP contribution is -2.49. The molecular formula is C45H52N6O11. The molecule has 0 saturated carbocycles. The molecule has 1 saturated heterocycles. The molecule has 2 aliphatic heterocycles. The number of carbonyl (C=O) groups excluding carboxylic acids is 4. The number of rotatable bonds is 12. The van der Waals surface area contributed by atoms with Gasteiger partial charge in [-0.05, 0) is 75.6 Å². The van der Waals surface area contributed by atoms with Crippen molar-refractivity contribution in [3.63, 3.8) is 0 Å². The Bertz CT molecular complexity index is 2610. The highest BCUT2D eigenvalue weighted by molar-refractivity contribution is 6.06. The van der Waals surface area contributed by atoms with E-state index in [2.05, 4.69) is 4.90 Å². The van der Waals surface area contributed by atoms with Crippen molar-refractivity contribution in [2.75, 3.05) is 47.1 Å². The maximum Gasteiger partial charge on any atom is 0.410 e. The molecule has 3 aromatic carbocycles.